The summed E-state index contributed by atoms with van der Waals surface area (Å²) in [7, 11) is 0. The smallest absolute Gasteiger partial charge is 0.268 e. The van der Waals surface area contributed by atoms with Gasteiger partial charge in [-0.3, -0.25) is 29.6 Å². The molecule has 0 amide bonds. The molecule has 2 aromatic carbocycles. The van der Waals surface area contributed by atoms with E-state index in [0.717, 1.165) is 12.1 Å². The van der Waals surface area contributed by atoms with Crippen LogP contribution in [0.1, 0.15) is 5.82 Å². The van der Waals surface area contributed by atoms with Crippen molar-refractivity contribution in [1.29, 1.82) is 0 Å². The maximum atomic E-state index is 12.8. The van der Waals surface area contributed by atoms with Crippen molar-refractivity contribution >= 4 is 22.3 Å². The number of nitro groups is 2. The molecule has 0 atom stereocenters. The summed E-state index contributed by atoms with van der Waals surface area (Å²) in [6.07, 6.45) is 0. The second-order valence-electron chi connectivity index (χ2n) is 5.01. The highest BCUT2D eigenvalue weighted by Gasteiger charge is 2.24. The first-order valence-electron chi connectivity index (χ1n) is 6.82. The number of para-hydroxylation sites is 1. The van der Waals surface area contributed by atoms with Gasteiger partial charge in [-0.15, -0.1) is 0 Å². The van der Waals surface area contributed by atoms with Crippen molar-refractivity contribution in [2.45, 2.75) is 6.92 Å². The lowest BCUT2D eigenvalue weighted by atomic mass is 10.1. The molecule has 0 spiro atoms. The van der Waals surface area contributed by atoms with Gasteiger partial charge in [0.05, 0.1) is 27.1 Å². The Hall–Kier alpha value is -3.62. The Morgan fingerprint density at radius 2 is 1.71 bits per heavy atom. The van der Waals surface area contributed by atoms with Crippen LogP contribution >= 0.6 is 0 Å². The predicted molar refractivity (Wildman–Crippen MR) is 85.4 cm³/mol. The third-order valence-electron chi connectivity index (χ3n) is 3.53. The van der Waals surface area contributed by atoms with Crippen molar-refractivity contribution in [3.63, 3.8) is 0 Å². The molecule has 0 saturated heterocycles. The van der Waals surface area contributed by atoms with Crippen LogP contribution in [0.15, 0.2) is 47.3 Å². The molecule has 9 heteroatoms. The minimum atomic E-state index is -0.816. The monoisotopic (exact) mass is 326 g/mol. The molecule has 24 heavy (non-hydrogen) atoms. The fraction of sp³-hybridized carbons (Fsp3) is 0.0667. The first kappa shape index (κ1) is 15.3. The first-order chi connectivity index (χ1) is 11.4. The Balaban J connectivity index is 2.47. The van der Waals surface area contributed by atoms with Gasteiger partial charge in [-0.25, -0.2) is 4.98 Å². The summed E-state index contributed by atoms with van der Waals surface area (Å²) < 4.78 is 1.24. The maximum absolute atomic E-state index is 12.8. The fourth-order valence-corrected chi connectivity index (χ4v) is 2.52. The molecule has 0 unspecified atom stereocenters. The molecule has 0 fully saturated rings. The normalized spacial score (nSPS) is 10.7. The van der Waals surface area contributed by atoms with Gasteiger partial charge in [0, 0.05) is 6.07 Å². The molecule has 0 radical (unpaired) electrons. The van der Waals surface area contributed by atoms with Crippen molar-refractivity contribution in [3.8, 4) is 5.69 Å². The summed E-state index contributed by atoms with van der Waals surface area (Å²) in [4.78, 5) is 37.6. The van der Waals surface area contributed by atoms with Gasteiger partial charge in [-0.2, -0.15) is 0 Å². The number of hydrogen-bond donors (Lipinski definition) is 0. The highest BCUT2D eigenvalue weighted by atomic mass is 16.6. The van der Waals surface area contributed by atoms with Gasteiger partial charge in [0.15, 0.2) is 0 Å². The molecule has 3 rings (SSSR count). The lowest BCUT2D eigenvalue weighted by Gasteiger charge is -2.10. The van der Waals surface area contributed by atoms with Crippen LogP contribution in [0.25, 0.3) is 16.6 Å². The number of fused-ring (bicyclic) bond motifs is 1. The molecule has 0 aliphatic heterocycles. The van der Waals surface area contributed by atoms with Gasteiger partial charge in [-0.05, 0) is 19.1 Å². The molecular weight excluding hydrogens is 316 g/mol. The standard InChI is InChI=1S/C15H10N4O5/c1-9-16-12-7-11(18(21)22)8-13(19(23)24)14(12)15(20)17(9)10-5-3-2-4-6-10/h2-8H,1H3. The van der Waals surface area contributed by atoms with Gasteiger partial charge >= 0.3 is 0 Å². The van der Waals surface area contributed by atoms with Crippen LogP contribution in [-0.4, -0.2) is 19.4 Å². The number of benzene rings is 2. The lowest BCUT2D eigenvalue weighted by Crippen LogP contribution is -2.23. The largest absolute Gasteiger partial charge is 0.291 e. The Bertz CT molecular complexity index is 1040. The zero-order chi connectivity index (χ0) is 17.4. The number of hydrogen-bond acceptors (Lipinski definition) is 6. The summed E-state index contributed by atoms with van der Waals surface area (Å²) in [5, 5.41) is 22.0. The number of non-ortho nitro benzene ring substituents is 2. The molecule has 9 nitrogen and oxygen atoms in total. The molecule has 3 aromatic rings. The Morgan fingerprint density at radius 1 is 1.04 bits per heavy atom. The van der Waals surface area contributed by atoms with E-state index in [1.165, 1.54) is 4.57 Å². The fourth-order valence-electron chi connectivity index (χ4n) is 2.52. The minimum absolute atomic E-state index is 0.0782. The summed E-state index contributed by atoms with van der Waals surface area (Å²) >= 11 is 0. The Kier molecular flexibility index (Phi) is 3.53. The van der Waals surface area contributed by atoms with Crippen LogP contribution in [-0.2, 0) is 0 Å². The minimum Gasteiger partial charge on any atom is -0.268 e. The molecule has 0 aliphatic carbocycles. The number of rotatable bonds is 3. The summed E-state index contributed by atoms with van der Waals surface area (Å²) in [5.74, 6) is 0.272. The Labute approximate surface area is 134 Å². The maximum Gasteiger partial charge on any atom is 0.291 e. The van der Waals surface area contributed by atoms with E-state index in [4.69, 9.17) is 0 Å². The van der Waals surface area contributed by atoms with Gasteiger partial charge < -0.3 is 0 Å². The van der Waals surface area contributed by atoms with Crippen molar-refractivity contribution < 1.29 is 9.85 Å². The molecule has 1 heterocycles. The van der Waals surface area contributed by atoms with Crippen molar-refractivity contribution in [2.24, 2.45) is 0 Å². The summed E-state index contributed by atoms with van der Waals surface area (Å²) in [6.45, 7) is 1.55. The van der Waals surface area contributed by atoms with Crippen molar-refractivity contribution in [3.05, 3.63) is 78.9 Å². The van der Waals surface area contributed by atoms with E-state index >= 15 is 0 Å². The molecule has 0 saturated carbocycles. The van der Waals surface area contributed by atoms with Crippen molar-refractivity contribution in [1.82, 2.24) is 9.55 Å². The summed E-state index contributed by atoms with van der Waals surface area (Å²) in [6, 6.07) is 10.4. The molecule has 1 aromatic heterocycles. The number of nitrogens with zero attached hydrogens (tertiary/aromatic N) is 4. The molecule has 0 N–H and O–H groups in total. The number of nitro benzene ring substituents is 2. The third kappa shape index (κ3) is 2.37. The van der Waals surface area contributed by atoms with Crippen LogP contribution < -0.4 is 5.56 Å². The van der Waals surface area contributed by atoms with Crippen LogP contribution in [0.4, 0.5) is 11.4 Å². The number of aryl methyl sites for hydroxylation is 1. The van der Waals surface area contributed by atoms with E-state index in [0.29, 0.717) is 5.69 Å². The number of aromatic nitrogens is 2. The van der Waals surface area contributed by atoms with Crippen LogP contribution in [0.3, 0.4) is 0 Å². The Morgan fingerprint density at radius 3 is 2.29 bits per heavy atom. The molecule has 0 aliphatic rings. The lowest BCUT2D eigenvalue weighted by molar-refractivity contribution is -0.393. The van der Waals surface area contributed by atoms with E-state index in [1.54, 1.807) is 37.3 Å². The van der Waals surface area contributed by atoms with E-state index in [-0.39, 0.29) is 16.7 Å². The first-order valence-corrected chi connectivity index (χ1v) is 6.82. The highest BCUT2D eigenvalue weighted by Crippen LogP contribution is 2.28. The van der Waals surface area contributed by atoms with Crippen molar-refractivity contribution in [2.75, 3.05) is 0 Å². The van der Waals surface area contributed by atoms with Crippen LogP contribution in [0, 0.1) is 27.2 Å². The molecule has 0 bridgehead atoms. The topological polar surface area (TPSA) is 121 Å². The van der Waals surface area contributed by atoms with Gasteiger partial charge in [0.2, 0.25) is 0 Å². The van der Waals surface area contributed by atoms with Gasteiger partial charge in [-0.1, -0.05) is 18.2 Å². The second-order valence-corrected chi connectivity index (χ2v) is 5.01. The quantitative estimate of drug-likeness (QED) is 0.538. The predicted octanol–water partition coefficient (Wildman–Crippen LogP) is 2.51. The third-order valence-corrected chi connectivity index (χ3v) is 3.53. The zero-order valence-corrected chi connectivity index (χ0v) is 12.4. The van der Waals surface area contributed by atoms with Gasteiger partial charge in [0.1, 0.15) is 11.2 Å². The van der Waals surface area contributed by atoms with Gasteiger partial charge in [0.25, 0.3) is 16.9 Å². The average molecular weight is 326 g/mol. The van der Waals surface area contributed by atoms with E-state index in [2.05, 4.69) is 4.98 Å². The average Bonchev–Trinajstić information content (AvgIpc) is 2.54. The van der Waals surface area contributed by atoms with E-state index in [1.807, 2.05) is 0 Å². The van der Waals surface area contributed by atoms with E-state index in [9.17, 15) is 25.0 Å². The highest BCUT2D eigenvalue weighted by molar-refractivity contribution is 5.89. The zero-order valence-electron chi connectivity index (χ0n) is 12.4. The van der Waals surface area contributed by atoms with E-state index < -0.39 is 26.8 Å². The molecular formula is C15H10N4O5. The molecule has 120 valence electrons. The SMILES string of the molecule is Cc1nc2cc([N+](=O)[O-])cc([N+](=O)[O-])c2c(=O)n1-c1ccccc1. The summed E-state index contributed by atoms with van der Waals surface area (Å²) in [5.41, 5.74) is -1.35. The van der Waals surface area contributed by atoms with Crippen LogP contribution in [0.2, 0.25) is 0 Å². The second kappa shape index (κ2) is 5.54. The van der Waals surface area contributed by atoms with Crippen LogP contribution in [0.5, 0.6) is 0 Å².